The molecule has 4 nitrogen and oxygen atoms in total. The van der Waals surface area contributed by atoms with Gasteiger partial charge in [0.1, 0.15) is 23.7 Å². The molecule has 2 aromatic carbocycles. The summed E-state index contributed by atoms with van der Waals surface area (Å²) in [6.07, 6.45) is 2.01. The van der Waals surface area contributed by atoms with E-state index >= 15 is 0 Å². The lowest BCUT2D eigenvalue weighted by Gasteiger charge is -2.13. The lowest BCUT2D eigenvalue weighted by molar-refractivity contribution is 0.365. The zero-order valence-corrected chi connectivity index (χ0v) is 15.5. The molecule has 0 radical (unpaired) electrons. The number of rotatable bonds is 5. The first-order valence-electron chi connectivity index (χ1n) is 8.47. The number of allylic oxidation sites excluding steroid dienone is 1. The van der Waals surface area contributed by atoms with Crippen LogP contribution in [0.4, 0.5) is 0 Å². The summed E-state index contributed by atoms with van der Waals surface area (Å²) in [7, 11) is 1.62. The van der Waals surface area contributed by atoms with E-state index in [0.29, 0.717) is 17.9 Å². The molecule has 0 bridgehead atoms. The molecule has 0 unspecified atom stereocenters. The van der Waals surface area contributed by atoms with Crippen LogP contribution in [0, 0.1) is 6.92 Å². The van der Waals surface area contributed by atoms with Gasteiger partial charge in [-0.3, -0.25) is 0 Å². The van der Waals surface area contributed by atoms with Crippen molar-refractivity contribution in [1.29, 1.82) is 0 Å². The van der Waals surface area contributed by atoms with E-state index in [4.69, 9.17) is 13.9 Å². The maximum absolute atomic E-state index is 12.1. The van der Waals surface area contributed by atoms with Gasteiger partial charge in [0.15, 0.2) is 0 Å². The Morgan fingerprint density at radius 3 is 2.50 bits per heavy atom. The number of hydrogen-bond acceptors (Lipinski definition) is 4. The maximum atomic E-state index is 12.1. The first kappa shape index (κ1) is 17.8. The smallest absolute Gasteiger partial charge is 0.336 e. The van der Waals surface area contributed by atoms with Crippen molar-refractivity contribution in [1.82, 2.24) is 0 Å². The molecule has 0 saturated heterocycles. The molecule has 0 aliphatic carbocycles. The van der Waals surface area contributed by atoms with Crippen LogP contribution in [-0.4, -0.2) is 13.7 Å². The summed E-state index contributed by atoms with van der Waals surface area (Å²) in [6, 6.07) is 12.9. The molecule has 134 valence electrons. The lowest BCUT2D eigenvalue weighted by Crippen LogP contribution is -2.02. The van der Waals surface area contributed by atoms with Gasteiger partial charge < -0.3 is 13.9 Å². The Bertz CT molecular complexity index is 1010. The van der Waals surface area contributed by atoms with Crippen LogP contribution < -0.4 is 15.1 Å². The number of aryl methyl sites for hydroxylation is 1. The molecular weight excluding hydrogens is 328 g/mol. The Kier molecular flexibility index (Phi) is 5.12. The van der Waals surface area contributed by atoms with Crippen molar-refractivity contribution in [3.8, 4) is 22.6 Å². The van der Waals surface area contributed by atoms with Gasteiger partial charge >= 0.3 is 5.63 Å². The van der Waals surface area contributed by atoms with E-state index in [0.717, 1.165) is 27.8 Å². The minimum Gasteiger partial charge on any atom is -0.497 e. The van der Waals surface area contributed by atoms with Gasteiger partial charge in [-0.05, 0) is 62.2 Å². The SMILES string of the molecule is COc1ccc(-c2cc(=O)oc3cc(C)cc(OCC=C(C)C)c23)cc1. The van der Waals surface area contributed by atoms with Crippen molar-refractivity contribution in [2.45, 2.75) is 20.8 Å². The van der Waals surface area contributed by atoms with Gasteiger partial charge in [-0.15, -0.1) is 0 Å². The van der Waals surface area contributed by atoms with Crippen LogP contribution in [0.15, 0.2) is 63.3 Å². The highest BCUT2D eigenvalue weighted by Gasteiger charge is 2.14. The highest BCUT2D eigenvalue weighted by molar-refractivity contribution is 5.98. The summed E-state index contributed by atoms with van der Waals surface area (Å²) in [5.74, 6) is 1.46. The Balaban J connectivity index is 2.20. The van der Waals surface area contributed by atoms with E-state index in [2.05, 4.69) is 0 Å². The predicted molar refractivity (Wildman–Crippen MR) is 104 cm³/mol. The van der Waals surface area contributed by atoms with Crippen molar-refractivity contribution in [3.63, 3.8) is 0 Å². The fourth-order valence-corrected chi connectivity index (χ4v) is 2.80. The summed E-state index contributed by atoms with van der Waals surface area (Å²) in [6.45, 7) is 6.47. The summed E-state index contributed by atoms with van der Waals surface area (Å²) >= 11 is 0. The monoisotopic (exact) mass is 350 g/mol. The number of methoxy groups -OCH3 is 1. The number of ether oxygens (including phenoxy) is 2. The van der Waals surface area contributed by atoms with Crippen LogP contribution in [0.25, 0.3) is 22.1 Å². The van der Waals surface area contributed by atoms with E-state index in [-0.39, 0.29) is 5.63 Å². The second kappa shape index (κ2) is 7.48. The summed E-state index contributed by atoms with van der Waals surface area (Å²) in [5.41, 5.74) is 3.98. The maximum Gasteiger partial charge on any atom is 0.336 e. The molecule has 1 aromatic heterocycles. The zero-order valence-electron chi connectivity index (χ0n) is 15.5. The molecular formula is C22H22O4. The molecule has 0 amide bonds. The molecule has 3 aromatic rings. The topological polar surface area (TPSA) is 48.7 Å². The van der Waals surface area contributed by atoms with E-state index in [1.807, 2.05) is 63.2 Å². The normalized spacial score (nSPS) is 10.6. The van der Waals surface area contributed by atoms with Gasteiger partial charge in [-0.25, -0.2) is 4.79 Å². The molecule has 0 fully saturated rings. The lowest BCUT2D eigenvalue weighted by atomic mass is 10.00. The van der Waals surface area contributed by atoms with Crippen LogP contribution in [0.1, 0.15) is 19.4 Å². The molecule has 1 heterocycles. The third kappa shape index (κ3) is 3.80. The molecule has 0 atom stereocenters. The molecule has 0 saturated carbocycles. The van der Waals surface area contributed by atoms with Crippen LogP contribution >= 0.6 is 0 Å². The van der Waals surface area contributed by atoms with Gasteiger partial charge in [-0.2, -0.15) is 0 Å². The van der Waals surface area contributed by atoms with Crippen LogP contribution in [0.2, 0.25) is 0 Å². The van der Waals surface area contributed by atoms with Gasteiger partial charge in [0.05, 0.1) is 12.5 Å². The Hall–Kier alpha value is -3.01. The molecule has 26 heavy (non-hydrogen) atoms. The first-order chi connectivity index (χ1) is 12.5. The van der Waals surface area contributed by atoms with E-state index in [9.17, 15) is 4.79 Å². The van der Waals surface area contributed by atoms with Crippen molar-refractivity contribution in [2.75, 3.05) is 13.7 Å². The third-order valence-corrected chi connectivity index (χ3v) is 4.08. The third-order valence-electron chi connectivity index (χ3n) is 4.08. The Labute approximate surface area is 152 Å². The summed E-state index contributed by atoms with van der Waals surface area (Å²) < 4.78 is 16.7. The van der Waals surface area contributed by atoms with E-state index in [1.165, 1.54) is 11.6 Å². The van der Waals surface area contributed by atoms with Crippen LogP contribution in [0.3, 0.4) is 0 Å². The molecule has 3 rings (SSSR count). The largest absolute Gasteiger partial charge is 0.497 e. The Morgan fingerprint density at radius 1 is 1.12 bits per heavy atom. The first-order valence-corrected chi connectivity index (χ1v) is 8.47. The molecule has 0 spiro atoms. The fourth-order valence-electron chi connectivity index (χ4n) is 2.80. The number of benzene rings is 2. The summed E-state index contributed by atoms with van der Waals surface area (Å²) in [4.78, 5) is 12.1. The average Bonchev–Trinajstić information content (AvgIpc) is 2.60. The molecule has 0 aliphatic heterocycles. The van der Waals surface area contributed by atoms with Gasteiger partial charge in [-0.1, -0.05) is 17.7 Å². The zero-order chi connectivity index (χ0) is 18.7. The van der Waals surface area contributed by atoms with Crippen LogP contribution in [-0.2, 0) is 0 Å². The van der Waals surface area contributed by atoms with E-state index < -0.39 is 0 Å². The molecule has 0 N–H and O–H groups in total. The highest BCUT2D eigenvalue weighted by atomic mass is 16.5. The number of fused-ring (bicyclic) bond motifs is 1. The molecule has 4 heteroatoms. The van der Waals surface area contributed by atoms with E-state index in [1.54, 1.807) is 7.11 Å². The average molecular weight is 350 g/mol. The van der Waals surface area contributed by atoms with Crippen molar-refractivity contribution >= 4 is 11.0 Å². The minimum atomic E-state index is -0.385. The molecule has 0 aliphatic rings. The van der Waals surface area contributed by atoms with Crippen molar-refractivity contribution in [3.05, 3.63) is 70.1 Å². The minimum absolute atomic E-state index is 0.385. The predicted octanol–water partition coefficient (Wildman–Crippen LogP) is 5.12. The van der Waals surface area contributed by atoms with Gasteiger partial charge in [0.25, 0.3) is 0 Å². The summed E-state index contributed by atoms with van der Waals surface area (Å²) in [5, 5.41) is 0.794. The van der Waals surface area contributed by atoms with Gasteiger partial charge in [0, 0.05) is 11.6 Å². The second-order valence-electron chi connectivity index (χ2n) is 6.44. The Morgan fingerprint density at radius 2 is 1.85 bits per heavy atom. The second-order valence-corrected chi connectivity index (χ2v) is 6.44. The van der Waals surface area contributed by atoms with Crippen molar-refractivity contribution in [2.24, 2.45) is 0 Å². The van der Waals surface area contributed by atoms with Crippen molar-refractivity contribution < 1.29 is 13.9 Å². The standard InChI is InChI=1S/C22H22O4/c1-14(2)9-10-25-19-11-15(3)12-20-22(19)18(13-21(23)26-20)16-5-7-17(24-4)8-6-16/h5-9,11-13H,10H2,1-4H3. The number of hydrogen-bond donors (Lipinski definition) is 0. The van der Waals surface area contributed by atoms with Crippen LogP contribution in [0.5, 0.6) is 11.5 Å². The quantitative estimate of drug-likeness (QED) is 0.473. The van der Waals surface area contributed by atoms with Gasteiger partial charge in [0.2, 0.25) is 0 Å². The fraction of sp³-hybridized carbons (Fsp3) is 0.227. The highest BCUT2D eigenvalue weighted by Crippen LogP contribution is 2.36.